The second-order valence-corrected chi connectivity index (χ2v) is 1.83. The third-order valence-corrected chi connectivity index (χ3v) is 1.22. The maximum atomic E-state index is 5.56. The Morgan fingerprint density at radius 2 is 2.00 bits per heavy atom. The first-order valence-corrected chi connectivity index (χ1v) is 2.81. The first-order valence-electron chi connectivity index (χ1n) is 2.81. The predicted molar refractivity (Wildman–Crippen MR) is 41.9 cm³/mol. The van der Waals surface area contributed by atoms with E-state index in [0.717, 1.165) is 11.0 Å². The van der Waals surface area contributed by atoms with Crippen molar-refractivity contribution in [1.82, 2.24) is 0 Å². The lowest BCUT2D eigenvalue weighted by molar-refractivity contribution is 1.72. The molecule has 0 atom stereocenters. The molecule has 0 aliphatic heterocycles. The topological polar surface area (TPSA) is 0 Å². The highest BCUT2D eigenvalue weighted by atomic mass is 13.9. The van der Waals surface area contributed by atoms with Crippen molar-refractivity contribution in [3.05, 3.63) is 36.4 Å². The van der Waals surface area contributed by atoms with Crippen LogP contribution >= 0.6 is 0 Å². The molecule has 0 fully saturated rings. The van der Waals surface area contributed by atoms with Crippen LogP contribution in [-0.4, -0.2) is 7.85 Å². The van der Waals surface area contributed by atoms with Gasteiger partial charge in [0, 0.05) is 0 Å². The summed E-state index contributed by atoms with van der Waals surface area (Å²) < 4.78 is 0. The first-order chi connectivity index (χ1) is 4.34. The molecule has 0 spiro atoms. The lowest BCUT2D eigenvalue weighted by Gasteiger charge is -1.95. The molecule has 0 aliphatic carbocycles. The minimum absolute atomic E-state index is 0.785. The Hall–Kier alpha value is -0.975. The number of benzene rings is 1. The van der Waals surface area contributed by atoms with Crippen molar-refractivity contribution < 1.29 is 0 Å². The molecule has 1 aromatic rings. The molecule has 0 aromatic heterocycles. The fourth-order valence-corrected chi connectivity index (χ4v) is 0.697. The van der Waals surface area contributed by atoms with Crippen LogP contribution in [0.1, 0.15) is 5.56 Å². The van der Waals surface area contributed by atoms with Gasteiger partial charge in [0.05, 0.1) is 0 Å². The third-order valence-electron chi connectivity index (χ3n) is 1.22. The van der Waals surface area contributed by atoms with Crippen LogP contribution in [0.5, 0.6) is 0 Å². The quantitative estimate of drug-likeness (QED) is 0.480. The Balaban J connectivity index is 3.15. The van der Waals surface area contributed by atoms with Gasteiger partial charge in [-0.3, -0.25) is 0 Å². The summed E-state index contributed by atoms with van der Waals surface area (Å²) in [6.07, 6.45) is 1.75. The third kappa shape index (κ3) is 1.23. The molecule has 9 heavy (non-hydrogen) atoms. The highest BCUT2D eigenvalue weighted by molar-refractivity contribution is 6.34. The van der Waals surface area contributed by atoms with Gasteiger partial charge in [0.25, 0.3) is 0 Å². The normalized spacial score (nSPS) is 8.89. The van der Waals surface area contributed by atoms with Crippen LogP contribution in [0.15, 0.2) is 30.8 Å². The fourth-order valence-electron chi connectivity index (χ4n) is 0.697. The molecule has 0 aliphatic rings. The lowest BCUT2D eigenvalue weighted by atomic mass is 9.91. The van der Waals surface area contributed by atoms with E-state index >= 15 is 0 Å². The van der Waals surface area contributed by atoms with Crippen LogP contribution in [0.2, 0.25) is 0 Å². The Bertz CT molecular complexity index is 216. The smallest absolute Gasteiger partial charge is 0.0985 e. The fraction of sp³-hybridized carbons (Fsp3) is 0. The van der Waals surface area contributed by atoms with E-state index in [1.165, 1.54) is 0 Å². The largest absolute Gasteiger partial charge is 0.114 e. The highest BCUT2D eigenvalue weighted by Crippen LogP contribution is 1.94. The summed E-state index contributed by atoms with van der Waals surface area (Å²) in [6, 6.07) is 7.63. The highest BCUT2D eigenvalue weighted by Gasteiger charge is 1.86. The van der Waals surface area contributed by atoms with Gasteiger partial charge in [-0.05, 0) is 5.56 Å². The Kier molecular flexibility index (Phi) is 1.73. The second kappa shape index (κ2) is 2.54. The van der Waals surface area contributed by atoms with E-state index in [2.05, 4.69) is 6.58 Å². The predicted octanol–water partition coefficient (Wildman–Crippen LogP) is 1.12. The van der Waals surface area contributed by atoms with Crippen LogP contribution in [-0.2, 0) is 0 Å². The van der Waals surface area contributed by atoms with Gasteiger partial charge in [-0.2, -0.15) is 0 Å². The summed E-state index contributed by atoms with van der Waals surface area (Å²) in [5.74, 6) is 0. The summed E-state index contributed by atoms with van der Waals surface area (Å²) in [4.78, 5) is 0. The number of rotatable bonds is 1. The Morgan fingerprint density at radius 1 is 1.33 bits per heavy atom. The van der Waals surface area contributed by atoms with Crippen molar-refractivity contribution in [3.8, 4) is 0 Å². The molecule has 2 radical (unpaired) electrons. The van der Waals surface area contributed by atoms with E-state index in [-0.39, 0.29) is 0 Å². The van der Waals surface area contributed by atoms with Crippen molar-refractivity contribution in [1.29, 1.82) is 0 Å². The Morgan fingerprint density at radius 3 is 2.44 bits per heavy atom. The van der Waals surface area contributed by atoms with E-state index in [0.29, 0.717) is 0 Å². The van der Waals surface area contributed by atoms with Crippen LogP contribution < -0.4 is 5.46 Å². The van der Waals surface area contributed by atoms with Crippen LogP contribution in [0, 0.1) is 0 Å². The summed E-state index contributed by atoms with van der Waals surface area (Å²) >= 11 is 0. The van der Waals surface area contributed by atoms with Gasteiger partial charge in [0.2, 0.25) is 0 Å². The Labute approximate surface area is 56.6 Å². The maximum absolute atomic E-state index is 5.56. The van der Waals surface area contributed by atoms with Crippen molar-refractivity contribution in [2.24, 2.45) is 0 Å². The summed E-state index contributed by atoms with van der Waals surface area (Å²) in [5.41, 5.74) is 1.78. The molecule has 0 saturated carbocycles. The molecular formula is C8H7B. The molecule has 0 bridgehead atoms. The van der Waals surface area contributed by atoms with Gasteiger partial charge in [-0.25, -0.2) is 0 Å². The van der Waals surface area contributed by atoms with Crippen molar-refractivity contribution in [2.45, 2.75) is 0 Å². The van der Waals surface area contributed by atoms with Crippen molar-refractivity contribution in [2.75, 3.05) is 0 Å². The molecule has 0 N–H and O–H groups in total. The SMILES string of the molecule is [B]c1ccccc1C=C. The molecule has 0 amide bonds. The van der Waals surface area contributed by atoms with Gasteiger partial charge >= 0.3 is 0 Å². The summed E-state index contributed by atoms with van der Waals surface area (Å²) in [5, 5.41) is 0. The second-order valence-electron chi connectivity index (χ2n) is 1.83. The maximum Gasteiger partial charge on any atom is 0.114 e. The van der Waals surface area contributed by atoms with E-state index in [1.54, 1.807) is 6.08 Å². The molecule has 42 valence electrons. The minimum Gasteiger partial charge on any atom is -0.0985 e. The van der Waals surface area contributed by atoms with Gasteiger partial charge in [0.1, 0.15) is 7.85 Å². The molecule has 0 unspecified atom stereocenters. The standard InChI is InChI=1S/C8H7B/c1-2-7-5-3-4-6-8(7)9/h2-6H,1H2. The van der Waals surface area contributed by atoms with Gasteiger partial charge in [-0.15, -0.1) is 0 Å². The average molecular weight is 114 g/mol. The molecule has 0 saturated heterocycles. The van der Waals surface area contributed by atoms with Crippen molar-refractivity contribution >= 4 is 19.4 Å². The van der Waals surface area contributed by atoms with Crippen LogP contribution in [0.4, 0.5) is 0 Å². The molecular weight excluding hydrogens is 107 g/mol. The monoisotopic (exact) mass is 114 g/mol. The molecule has 1 aromatic carbocycles. The summed E-state index contributed by atoms with van der Waals surface area (Å²) in [7, 11) is 5.56. The van der Waals surface area contributed by atoms with Crippen molar-refractivity contribution in [3.63, 3.8) is 0 Å². The number of hydrogen-bond acceptors (Lipinski definition) is 0. The van der Waals surface area contributed by atoms with Crippen LogP contribution in [0.25, 0.3) is 6.08 Å². The van der Waals surface area contributed by atoms with Gasteiger partial charge in [-0.1, -0.05) is 42.4 Å². The minimum atomic E-state index is 0.785. The zero-order chi connectivity index (χ0) is 6.69. The summed E-state index contributed by atoms with van der Waals surface area (Å²) in [6.45, 7) is 3.61. The zero-order valence-corrected chi connectivity index (χ0v) is 5.17. The molecule has 0 heterocycles. The average Bonchev–Trinajstić information content (AvgIpc) is 1.89. The number of hydrogen-bond donors (Lipinski definition) is 0. The van der Waals surface area contributed by atoms with Gasteiger partial charge in [0.15, 0.2) is 0 Å². The molecule has 1 rings (SSSR count). The van der Waals surface area contributed by atoms with E-state index < -0.39 is 0 Å². The van der Waals surface area contributed by atoms with E-state index in [4.69, 9.17) is 7.85 Å². The van der Waals surface area contributed by atoms with E-state index in [1.807, 2.05) is 24.3 Å². The lowest BCUT2D eigenvalue weighted by Crippen LogP contribution is -2.04. The van der Waals surface area contributed by atoms with Gasteiger partial charge < -0.3 is 0 Å². The zero-order valence-electron chi connectivity index (χ0n) is 5.17. The van der Waals surface area contributed by atoms with E-state index in [9.17, 15) is 0 Å². The first kappa shape index (κ1) is 6.15. The van der Waals surface area contributed by atoms with Crippen LogP contribution in [0.3, 0.4) is 0 Å². The molecule has 0 nitrogen and oxygen atoms in total. The molecule has 1 heteroatoms.